The van der Waals surface area contributed by atoms with Gasteiger partial charge in [0.2, 0.25) is 5.91 Å². The molecule has 2 rings (SSSR count). The third-order valence-electron chi connectivity index (χ3n) is 3.97. The van der Waals surface area contributed by atoms with E-state index in [4.69, 9.17) is 4.42 Å². The van der Waals surface area contributed by atoms with E-state index < -0.39 is 0 Å². The van der Waals surface area contributed by atoms with Crippen LogP contribution in [-0.4, -0.2) is 25.5 Å². The molecule has 106 valence electrons. The third-order valence-corrected chi connectivity index (χ3v) is 3.97. The van der Waals surface area contributed by atoms with Crippen LogP contribution in [0.3, 0.4) is 0 Å². The zero-order valence-corrected chi connectivity index (χ0v) is 11.9. The topological polar surface area (TPSA) is 54.3 Å². The standard InChI is InChI=1S/C15H24N2O2/c1-11-3-8-14(19-11)9-10-17-15(18)12-4-6-13(16-2)7-5-12/h3,8,12-13,16H,4-7,9-10H2,1-2H3,(H,17,18). The number of hydrogen-bond acceptors (Lipinski definition) is 3. The minimum Gasteiger partial charge on any atom is -0.466 e. The van der Waals surface area contributed by atoms with Gasteiger partial charge in [-0.1, -0.05) is 0 Å². The van der Waals surface area contributed by atoms with Gasteiger partial charge in [-0.15, -0.1) is 0 Å². The zero-order valence-electron chi connectivity index (χ0n) is 11.9. The maximum Gasteiger partial charge on any atom is 0.223 e. The lowest BCUT2D eigenvalue weighted by Gasteiger charge is -2.27. The summed E-state index contributed by atoms with van der Waals surface area (Å²) >= 11 is 0. The van der Waals surface area contributed by atoms with Crippen LogP contribution in [0.2, 0.25) is 0 Å². The second kappa shape index (κ2) is 6.75. The van der Waals surface area contributed by atoms with Crippen molar-refractivity contribution in [2.45, 2.75) is 45.1 Å². The van der Waals surface area contributed by atoms with Crippen molar-refractivity contribution in [2.75, 3.05) is 13.6 Å². The second-order valence-electron chi connectivity index (χ2n) is 5.39. The summed E-state index contributed by atoms with van der Waals surface area (Å²) < 4.78 is 5.48. The molecule has 1 aromatic rings. The van der Waals surface area contributed by atoms with Gasteiger partial charge >= 0.3 is 0 Å². The van der Waals surface area contributed by atoms with Crippen LogP contribution in [-0.2, 0) is 11.2 Å². The third kappa shape index (κ3) is 4.10. The number of furan rings is 1. The van der Waals surface area contributed by atoms with E-state index in [1.54, 1.807) is 0 Å². The molecule has 1 saturated carbocycles. The van der Waals surface area contributed by atoms with E-state index in [9.17, 15) is 4.79 Å². The smallest absolute Gasteiger partial charge is 0.223 e. The van der Waals surface area contributed by atoms with Crippen LogP contribution in [0, 0.1) is 12.8 Å². The van der Waals surface area contributed by atoms with Crippen molar-refractivity contribution in [3.63, 3.8) is 0 Å². The SMILES string of the molecule is CNC1CCC(C(=O)NCCc2ccc(C)o2)CC1. The van der Waals surface area contributed by atoms with Gasteiger partial charge in [0.25, 0.3) is 0 Å². The number of hydrogen-bond donors (Lipinski definition) is 2. The number of carbonyl (C=O) groups excluding carboxylic acids is 1. The highest BCUT2D eigenvalue weighted by atomic mass is 16.3. The van der Waals surface area contributed by atoms with E-state index in [2.05, 4.69) is 10.6 Å². The van der Waals surface area contributed by atoms with Crippen LogP contribution < -0.4 is 10.6 Å². The normalized spacial score (nSPS) is 23.3. The minimum absolute atomic E-state index is 0.197. The highest BCUT2D eigenvalue weighted by Crippen LogP contribution is 2.24. The maximum absolute atomic E-state index is 12.0. The fraction of sp³-hybridized carbons (Fsp3) is 0.667. The molecule has 0 atom stereocenters. The van der Waals surface area contributed by atoms with E-state index in [1.165, 1.54) is 0 Å². The average Bonchev–Trinajstić information content (AvgIpc) is 2.84. The summed E-state index contributed by atoms with van der Waals surface area (Å²) in [4.78, 5) is 12.0. The lowest BCUT2D eigenvalue weighted by Crippen LogP contribution is -2.38. The first-order valence-corrected chi connectivity index (χ1v) is 7.19. The van der Waals surface area contributed by atoms with Crippen LogP contribution >= 0.6 is 0 Å². The molecule has 2 N–H and O–H groups in total. The summed E-state index contributed by atoms with van der Waals surface area (Å²) in [7, 11) is 2.00. The van der Waals surface area contributed by atoms with Gasteiger partial charge in [-0.25, -0.2) is 0 Å². The Kier molecular flexibility index (Phi) is 5.02. The van der Waals surface area contributed by atoms with Gasteiger partial charge in [0, 0.05) is 24.9 Å². The van der Waals surface area contributed by atoms with Gasteiger partial charge in [-0.05, 0) is 51.8 Å². The Morgan fingerprint density at radius 1 is 1.32 bits per heavy atom. The summed E-state index contributed by atoms with van der Waals surface area (Å²) in [6.45, 7) is 2.60. The Morgan fingerprint density at radius 3 is 2.63 bits per heavy atom. The minimum atomic E-state index is 0.197. The summed E-state index contributed by atoms with van der Waals surface area (Å²) in [5, 5.41) is 6.31. The first-order valence-electron chi connectivity index (χ1n) is 7.19. The van der Waals surface area contributed by atoms with E-state index in [0.29, 0.717) is 12.6 Å². The zero-order chi connectivity index (χ0) is 13.7. The molecule has 19 heavy (non-hydrogen) atoms. The molecule has 1 aromatic heterocycles. The number of aryl methyl sites for hydroxylation is 1. The molecule has 4 heteroatoms. The molecular weight excluding hydrogens is 240 g/mol. The van der Waals surface area contributed by atoms with E-state index in [1.807, 2.05) is 26.1 Å². The first kappa shape index (κ1) is 14.1. The fourth-order valence-electron chi connectivity index (χ4n) is 2.72. The molecule has 1 heterocycles. The van der Waals surface area contributed by atoms with Crippen molar-refractivity contribution >= 4 is 5.91 Å². The van der Waals surface area contributed by atoms with Crippen LogP contribution in [0.5, 0.6) is 0 Å². The predicted octanol–water partition coefficient (Wildman–Crippen LogP) is 2.02. The summed E-state index contributed by atoms with van der Waals surface area (Å²) in [5.74, 6) is 2.27. The Labute approximate surface area is 114 Å². The van der Waals surface area contributed by atoms with Crippen molar-refractivity contribution in [3.05, 3.63) is 23.7 Å². The molecule has 1 fully saturated rings. The summed E-state index contributed by atoms with van der Waals surface area (Å²) in [6, 6.07) is 4.52. The molecule has 0 saturated heterocycles. The van der Waals surface area contributed by atoms with Gasteiger partial charge in [0.1, 0.15) is 11.5 Å². The van der Waals surface area contributed by atoms with Crippen LogP contribution in [0.1, 0.15) is 37.2 Å². The van der Waals surface area contributed by atoms with Crippen molar-refractivity contribution in [3.8, 4) is 0 Å². The van der Waals surface area contributed by atoms with Crippen molar-refractivity contribution in [1.29, 1.82) is 0 Å². The van der Waals surface area contributed by atoms with Gasteiger partial charge < -0.3 is 15.1 Å². The molecule has 4 nitrogen and oxygen atoms in total. The number of carbonyl (C=O) groups is 1. The lowest BCUT2D eigenvalue weighted by atomic mass is 9.85. The number of amides is 1. The molecular formula is C15H24N2O2. The number of nitrogens with one attached hydrogen (secondary N) is 2. The first-order chi connectivity index (χ1) is 9.19. The highest BCUT2D eigenvalue weighted by Gasteiger charge is 2.25. The fourth-order valence-corrected chi connectivity index (χ4v) is 2.72. The predicted molar refractivity (Wildman–Crippen MR) is 75.0 cm³/mol. The van der Waals surface area contributed by atoms with E-state index in [-0.39, 0.29) is 11.8 Å². The molecule has 1 aliphatic carbocycles. The molecule has 0 aromatic carbocycles. The Bertz CT molecular complexity index is 406. The van der Waals surface area contributed by atoms with Crippen molar-refractivity contribution in [1.82, 2.24) is 10.6 Å². The van der Waals surface area contributed by atoms with Crippen molar-refractivity contribution in [2.24, 2.45) is 5.92 Å². The average molecular weight is 264 g/mol. The van der Waals surface area contributed by atoms with Gasteiger partial charge in [0.05, 0.1) is 0 Å². The Morgan fingerprint density at radius 2 is 2.05 bits per heavy atom. The van der Waals surface area contributed by atoms with Crippen LogP contribution in [0.25, 0.3) is 0 Å². The quantitative estimate of drug-likeness (QED) is 0.855. The summed E-state index contributed by atoms with van der Waals surface area (Å²) in [6.07, 6.45) is 4.97. The van der Waals surface area contributed by atoms with Gasteiger partial charge in [0.15, 0.2) is 0 Å². The molecule has 0 radical (unpaired) electrons. The van der Waals surface area contributed by atoms with Gasteiger partial charge in [-0.3, -0.25) is 4.79 Å². The second-order valence-corrected chi connectivity index (χ2v) is 5.39. The molecule has 0 aliphatic heterocycles. The van der Waals surface area contributed by atoms with Gasteiger partial charge in [-0.2, -0.15) is 0 Å². The Hall–Kier alpha value is -1.29. The molecule has 1 amide bonds. The van der Waals surface area contributed by atoms with E-state index in [0.717, 1.165) is 43.6 Å². The highest BCUT2D eigenvalue weighted by molar-refractivity contribution is 5.78. The van der Waals surface area contributed by atoms with Crippen molar-refractivity contribution < 1.29 is 9.21 Å². The molecule has 1 aliphatic rings. The molecule has 0 unspecified atom stereocenters. The maximum atomic E-state index is 12.0. The number of rotatable bonds is 5. The largest absolute Gasteiger partial charge is 0.466 e. The van der Waals surface area contributed by atoms with Crippen LogP contribution in [0.15, 0.2) is 16.5 Å². The molecule has 0 spiro atoms. The Balaban J connectivity index is 1.67. The summed E-state index contributed by atoms with van der Waals surface area (Å²) in [5.41, 5.74) is 0. The lowest BCUT2D eigenvalue weighted by molar-refractivity contribution is -0.126. The van der Waals surface area contributed by atoms with Crippen LogP contribution in [0.4, 0.5) is 0 Å². The van der Waals surface area contributed by atoms with E-state index >= 15 is 0 Å². The monoisotopic (exact) mass is 264 g/mol. The molecule has 0 bridgehead atoms.